The summed E-state index contributed by atoms with van der Waals surface area (Å²) >= 11 is -1.97. The average molecular weight is 273 g/mol. The van der Waals surface area contributed by atoms with E-state index in [9.17, 15) is 8.76 Å². The minimum atomic E-state index is -1.97. The number of nitrogens with zero attached hydrogens (tertiary/aromatic N) is 1. The van der Waals surface area contributed by atoms with Crippen LogP contribution in [0.25, 0.3) is 0 Å². The van der Waals surface area contributed by atoms with Crippen molar-refractivity contribution in [2.45, 2.75) is 62.8 Å². The summed E-state index contributed by atoms with van der Waals surface area (Å²) in [6.07, 6.45) is 9.42. The van der Waals surface area contributed by atoms with Crippen molar-refractivity contribution in [2.75, 3.05) is 19.6 Å². The van der Waals surface area contributed by atoms with E-state index in [1.807, 2.05) is 0 Å². The van der Waals surface area contributed by atoms with Gasteiger partial charge in [-0.15, -0.1) is 0 Å². The first-order valence-electron chi connectivity index (χ1n) is 7.33. The lowest BCUT2D eigenvalue weighted by Crippen LogP contribution is -2.43. The third-order valence-electron chi connectivity index (χ3n) is 4.20. The largest absolute Gasteiger partial charge is 0.771 e. The molecule has 0 amide bonds. The maximum atomic E-state index is 11.4. The van der Waals surface area contributed by atoms with Gasteiger partial charge in [-0.2, -0.15) is 0 Å². The number of nitrogens with one attached hydrogen (secondary N) is 1. The molecule has 0 bridgehead atoms. The minimum absolute atomic E-state index is 0.279. The van der Waals surface area contributed by atoms with Crippen LogP contribution >= 0.6 is 0 Å². The monoisotopic (exact) mass is 273 g/mol. The van der Waals surface area contributed by atoms with Gasteiger partial charge in [0, 0.05) is 6.04 Å². The molecule has 2 rings (SSSR count). The second-order valence-electron chi connectivity index (χ2n) is 5.54. The fourth-order valence-electron chi connectivity index (χ4n) is 3.15. The fraction of sp³-hybridized carbons (Fsp3) is 1.00. The summed E-state index contributed by atoms with van der Waals surface area (Å²) in [6, 6.07) is 0.632. The van der Waals surface area contributed by atoms with Crippen molar-refractivity contribution >= 4 is 11.1 Å². The Hall–Kier alpha value is 0.0300. The van der Waals surface area contributed by atoms with Gasteiger partial charge in [0.1, 0.15) is 0 Å². The normalized spacial score (nSPS) is 26.3. The lowest BCUT2D eigenvalue weighted by atomic mass is 10.1. The summed E-state index contributed by atoms with van der Waals surface area (Å²) in [5.41, 5.74) is 0. The van der Waals surface area contributed by atoms with Crippen LogP contribution in [0.2, 0.25) is 0 Å². The molecule has 1 aliphatic heterocycles. The van der Waals surface area contributed by atoms with Crippen LogP contribution in [0.1, 0.15) is 51.4 Å². The molecular formula is C13H25N2O2S-. The standard InChI is InChI=1S/C13H26N2O2S/c16-18(17)13(15-10-4-1-5-11-15)8-9-14-12-6-2-3-7-12/h12-14H,1-11H2,(H,16,17)/p-1. The van der Waals surface area contributed by atoms with Crippen LogP contribution in [-0.4, -0.2) is 44.7 Å². The number of hydrogen-bond donors (Lipinski definition) is 1. The maximum Gasteiger partial charge on any atom is 0.0738 e. The van der Waals surface area contributed by atoms with Crippen molar-refractivity contribution in [3.05, 3.63) is 0 Å². The van der Waals surface area contributed by atoms with Gasteiger partial charge in [0.25, 0.3) is 0 Å². The van der Waals surface area contributed by atoms with Crippen LogP contribution in [0.5, 0.6) is 0 Å². The molecule has 1 N–H and O–H groups in total. The van der Waals surface area contributed by atoms with E-state index in [-0.39, 0.29) is 5.37 Å². The first-order chi connectivity index (χ1) is 8.77. The molecule has 2 unspecified atom stereocenters. The molecule has 0 radical (unpaired) electrons. The second kappa shape index (κ2) is 7.58. The lowest BCUT2D eigenvalue weighted by molar-refractivity contribution is 0.196. The van der Waals surface area contributed by atoms with Gasteiger partial charge in [-0.25, -0.2) is 0 Å². The lowest BCUT2D eigenvalue weighted by Gasteiger charge is -2.35. The third-order valence-corrected chi connectivity index (χ3v) is 5.18. The zero-order chi connectivity index (χ0) is 12.8. The van der Waals surface area contributed by atoms with Gasteiger partial charge in [0.15, 0.2) is 0 Å². The molecule has 1 aliphatic carbocycles. The second-order valence-corrected chi connectivity index (χ2v) is 6.60. The summed E-state index contributed by atoms with van der Waals surface area (Å²) in [5, 5.41) is 3.23. The van der Waals surface area contributed by atoms with Crippen LogP contribution in [0.3, 0.4) is 0 Å². The van der Waals surface area contributed by atoms with E-state index in [0.717, 1.165) is 38.9 Å². The number of rotatable bonds is 6. The SMILES string of the molecule is O=S([O-])C(CCNC1CCCC1)N1CCCCC1. The van der Waals surface area contributed by atoms with Crippen LogP contribution < -0.4 is 5.32 Å². The quantitative estimate of drug-likeness (QED) is 0.747. The first kappa shape index (κ1) is 14.4. The molecule has 2 aliphatic rings. The summed E-state index contributed by atoms with van der Waals surface area (Å²) in [7, 11) is 0. The van der Waals surface area contributed by atoms with Gasteiger partial charge in [-0.3, -0.25) is 9.11 Å². The molecule has 0 aromatic heterocycles. The van der Waals surface area contributed by atoms with Crippen molar-refractivity contribution in [3.8, 4) is 0 Å². The zero-order valence-electron chi connectivity index (χ0n) is 11.1. The average Bonchev–Trinajstić information content (AvgIpc) is 2.88. The Kier molecular flexibility index (Phi) is 6.08. The highest BCUT2D eigenvalue weighted by atomic mass is 32.2. The highest BCUT2D eigenvalue weighted by Gasteiger charge is 2.22. The highest BCUT2D eigenvalue weighted by Crippen LogP contribution is 2.19. The Morgan fingerprint density at radius 3 is 2.44 bits per heavy atom. The van der Waals surface area contributed by atoms with Crippen molar-refractivity contribution in [2.24, 2.45) is 0 Å². The molecule has 5 heteroatoms. The van der Waals surface area contributed by atoms with Crippen LogP contribution in [0.15, 0.2) is 0 Å². The maximum absolute atomic E-state index is 11.4. The zero-order valence-corrected chi connectivity index (χ0v) is 11.9. The molecule has 0 spiro atoms. The topological polar surface area (TPSA) is 55.4 Å². The molecule has 1 saturated carbocycles. The van der Waals surface area contributed by atoms with E-state index in [4.69, 9.17) is 0 Å². The van der Waals surface area contributed by atoms with Crippen LogP contribution in [0.4, 0.5) is 0 Å². The summed E-state index contributed by atoms with van der Waals surface area (Å²) in [5.74, 6) is 0. The van der Waals surface area contributed by atoms with Crippen LogP contribution in [-0.2, 0) is 11.1 Å². The first-order valence-corrected chi connectivity index (χ1v) is 8.46. The third kappa shape index (κ3) is 4.30. The Balaban J connectivity index is 1.73. The smallest absolute Gasteiger partial charge is 0.0738 e. The molecule has 1 saturated heterocycles. The van der Waals surface area contributed by atoms with Crippen molar-refractivity contribution in [1.82, 2.24) is 10.2 Å². The highest BCUT2D eigenvalue weighted by molar-refractivity contribution is 7.79. The van der Waals surface area contributed by atoms with E-state index in [1.165, 1.54) is 32.1 Å². The van der Waals surface area contributed by atoms with Gasteiger partial charge in [0.05, 0.1) is 5.37 Å². The van der Waals surface area contributed by atoms with Crippen molar-refractivity contribution < 1.29 is 8.76 Å². The van der Waals surface area contributed by atoms with Gasteiger partial charge < -0.3 is 9.87 Å². The van der Waals surface area contributed by atoms with Gasteiger partial charge >= 0.3 is 0 Å². The fourth-order valence-corrected chi connectivity index (χ4v) is 3.91. The predicted molar refractivity (Wildman–Crippen MR) is 73.0 cm³/mol. The van der Waals surface area contributed by atoms with Gasteiger partial charge in [0.2, 0.25) is 0 Å². The molecular weight excluding hydrogens is 248 g/mol. The number of likely N-dealkylation sites (tertiary alicyclic amines) is 1. The molecule has 0 aromatic carbocycles. The molecule has 1 heterocycles. The number of hydrogen-bond acceptors (Lipinski definition) is 4. The molecule has 18 heavy (non-hydrogen) atoms. The van der Waals surface area contributed by atoms with E-state index in [1.54, 1.807) is 0 Å². The Bertz CT molecular complexity index is 264. The van der Waals surface area contributed by atoms with E-state index >= 15 is 0 Å². The Morgan fingerprint density at radius 1 is 1.17 bits per heavy atom. The van der Waals surface area contributed by atoms with Gasteiger partial charge in [-0.1, -0.05) is 19.3 Å². The van der Waals surface area contributed by atoms with Crippen LogP contribution in [0, 0.1) is 0 Å². The van der Waals surface area contributed by atoms with E-state index in [2.05, 4.69) is 10.2 Å². The summed E-state index contributed by atoms with van der Waals surface area (Å²) in [6.45, 7) is 2.73. The number of piperidine rings is 1. The summed E-state index contributed by atoms with van der Waals surface area (Å²) in [4.78, 5) is 2.14. The van der Waals surface area contributed by atoms with E-state index < -0.39 is 11.1 Å². The Labute approximate surface area is 113 Å². The molecule has 4 nitrogen and oxygen atoms in total. The summed E-state index contributed by atoms with van der Waals surface area (Å²) < 4.78 is 22.7. The molecule has 2 atom stereocenters. The van der Waals surface area contributed by atoms with Crippen molar-refractivity contribution in [3.63, 3.8) is 0 Å². The molecule has 0 aromatic rings. The minimum Gasteiger partial charge on any atom is -0.771 e. The van der Waals surface area contributed by atoms with E-state index in [0.29, 0.717) is 6.04 Å². The Morgan fingerprint density at radius 2 is 1.83 bits per heavy atom. The van der Waals surface area contributed by atoms with Gasteiger partial charge in [-0.05, 0) is 62.8 Å². The predicted octanol–water partition coefficient (Wildman–Crippen LogP) is 1.60. The van der Waals surface area contributed by atoms with Crippen molar-refractivity contribution in [1.29, 1.82) is 0 Å². The molecule has 2 fully saturated rings. The molecule has 106 valence electrons.